The van der Waals surface area contributed by atoms with Crippen LogP contribution in [-0.4, -0.2) is 131 Å². The van der Waals surface area contributed by atoms with Crippen molar-refractivity contribution in [2.24, 2.45) is 0 Å². The van der Waals surface area contributed by atoms with Gasteiger partial charge in [0.15, 0.2) is 0 Å². The Morgan fingerprint density at radius 3 is 1.15 bits per heavy atom. The van der Waals surface area contributed by atoms with Gasteiger partial charge in [-0.2, -0.15) is 0 Å². The summed E-state index contributed by atoms with van der Waals surface area (Å²) in [5, 5.41) is 27.1. The summed E-state index contributed by atoms with van der Waals surface area (Å²) in [7, 11) is 0. The topological polar surface area (TPSA) is 142 Å². The third kappa shape index (κ3) is 12.0. The van der Waals surface area contributed by atoms with Crippen molar-refractivity contribution in [3.8, 4) is 0 Å². The molecule has 1 fully saturated rings. The molecule has 1 heterocycles. The number of hydrogen-bond donors (Lipinski definition) is 3. The van der Waals surface area contributed by atoms with E-state index in [-0.39, 0.29) is 50.6 Å². The third-order valence-electron chi connectivity index (χ3n) is 4.10. The van der Waals surface area contributed by atoms with Crippen molar-refractivity contribution in [1.82, 2.24) is 19.6 Å². The molecule has 1 saturated heterocycles. The first-order valence-corrected chi connectivity index (χ1v) is 8.32. The van der Waals surface area contributed by atoms with Crippen LogP contribution in [0.2, 0.25) is 0 Å². The molecule has 0 unspecified atom stereocenters. The van der Waals surface area contributed by atoms with E-state index in [9.17, 15) is 19.2 Å². The molecule has 0 radical (unpaired) electrons. The number of carboxylic acids is 3. The Morgan fingerprint density at radius 1 is 0.667 bits per heavy atom. The number of nitrogens with zero attached hydrogens (tertiary/aromatic N) is 4. The second-order valence-electron chi connectivity index (χ2n) is 6.15. The van der Waals surface area contributed by atoms with Crippen LogP contribution < -0.4 is 29.6 Å². The minimum Gasteiger partial charge on any atom is -1.00 e. The van der Waals surface area contributed by atoms with Crippen LogP contribution in [0.25, 0.3) is 0 Å². The van der Waals surface area contributed by atoms with Gasteiger partial charge in [0.1, 0.15) is 0 Å². The number of carboxylic acid groups (broad SMARTS) is 3. The van der Waals surface area contributed by atoms with Gasteiger partial charge in [-0.1, -0.05) is 0 Å². The Labute approximate surface area is 181 Å². The van der Waals surface area contributed by atoms with Crippen molar-refractivity contribution in [2.45, 2.75) is 0 Å². The van der Waals surface area contributed by atoms with E-state index in [0.29, 0.717) is 58.8 Å². The number of rotatable bonds is 7. The van der Waals surface area contributed by atoms with Crippen LogP contribution in [0.15, 0.2) is 0 Å². The third-order valence-corrected chi connectivity index (χ3v) is 4.10. The molecule has 0 spiro atoms. The van der Waals surface area contributed by atoms with E-state index in [1.54, 1.807) is 14.7 Å². The average Bonchev–Trinajstić information content (AvgIpc) is 2.53. The maximum atomic E-state index is 11.2. The van der Waals surface area contributed by atoms with Crippen molar-refractivity contribution in [1.29, 1.82) is 0 Å². The van der Waals surface area contributed by atoms with Gasteiger partial charge in [-0.25, -0.2) is 0 Å². The van der Waals surface area contributed by atoms with E-state index >= 15 is 0 Å². The molecule has 0 aromatic rings. The predicted molar refractivity (Wildman–Crippen MR) is 91.0 cm³/mol. The zero-order valence-electron chi connectivity index (χ0n) is 16.6. The quantitative estimate of drug-likeness (QED) is 0.281. The SMILES string of the molecule is O=CN1CCN(CC(=O)O)CCN(CC(=O)O)CCN(CC(=O)O)CC1.[H-].[Na+]. The van der Waals surface area contributed by atoms with Gasteiger partial charge < -0.3 is 21.6 Å². The normalized spacial score (nSPS) is 18.6. The van der Waals surface area contributed by atoms with Crippen molar-refractivity contribution >= 4 is 24.3 Å². The van der Waals surface area contributed by atoms with Gasteiger partial charge in [0.2, 0.25) is 6.41 Å². The monoisotopic (exact) mass is 398 g/mol. The Kier molecular flexibility index (Phi) is 13.2. The van der Waals surface area contributed by atoms with Gasteiger partial charge >= 0.3 is 47.5 Å². The molecule has 1 rings (SSSR count). The molecule has 0 saturated carbocycles. The largest absolute Gasteiger partial charge is 1.00 e. The molecule has 3 N–H and O–H groups in total. The minimum atomic E-state index is -1.00. The zero-order valence-corrected chi connectivity index (χ0v) is 17.6. The Hall–Kier alpha value is -1.24. The van der Waals surface area contributed by atoms with Crippen LogP contribution in [0.3, 0.4) is 0 Å². The summed E-state index contributed by atoms with van der Waals surface area (Å²) < 4.78 is 0. The number of hydrogen-bond acceptors (Lipinski definition) is 7. The van der Waals surface area contributed by atoms with Crippen LogP contribution in [-0.2, 0) is 19.2 Å². The molecule has 150 valence electrons. The number of amides is 1. The zero-order chi connectivity index (χ0) is 19.5. The summed E-state index contributed by atoms with van der Waals surface area (Å²) in [4.78, 5) is 50.7. The van der Waals surface area contributed by atoms with Gasteiger partial charge in [0, 0.05) is 52.4 Å². The first kappa shape index (κ1) is 25.8. The van der Waals surface area contributed by atoms with Gasteiger partial charge in [0.25, 0.3) is 0 Å². The molecule has 1 aliphatic heterocycles. The summed E-state index contributed by atoms with van der Waals surface area (Å²) in [5.74, 6) is -2.99. The van der Waals surface area contributed by atoms with Crippen molar-refractivity contribution in [2.75, 3.05) is 72.0 Å². The van der Waals surface area contributed by atoms with Crippen LogP contribution >= 0.6 is 0 Å². The summed E-state index contributed by atoms with van der Waals surface area (Å²) >= 11 is 0. The summed E-state index contributed by atoms with van der Waals surface area (Å²) in [6, 6.07) is 0. The van der Waals surface area contributed by atoms with Gasteiger partial charge in [0.05, 0.1) is 19.6 Å². The number of carbonyl (C=O) groups is 4. The summed E-state index contributed by atoms with van der Waals surface area (Å²) in [6.45, 7) is 2.06. The fourth-order valence-corrected chi connectivity index (χ4v) is 2.71. The molecular weight excluding hydrogens is 371 g/mol. The maximum Gasteiger partial charge on any atom is 1.00 e. The molecule has 0 atom stereocenters. The molecule has 12 heteroatoms. The number of carbonyl (C=O) groups excluding carboxylic acids is 1. The predicted octanol–water partition coefficient (Wildman–Crippen LogP) is -5.27. The average molecular weight is 398 g/mol. The minimum absolute atomic E-state index is 0. The van der Waals surface area contributed by atoms with Gasteiger partial charge in [-0.15, -0.1) is 0 Å². The Bertz CT molecular complexity index is 483. The van der Waals surface area contributed by atoms with Crippen LogP contribution in [0.1, 0.15) is 1.43 Å². The molecule has 0 aliphatic carbocycles. The molecule has 27 heavy (non-hydrogen) atoms. The first-order chi connectivity index (χ1) is 12.3. The van der Waals surface area contributed by atoms with E-state index in [1.165, 1.54) is 4.90 Å². The Morgan fingerprint density at radius 2 is 0.926 bits per heavy atom. The van der Waals surface area contributed by atoms with Crippen LogP contribution in [0.5, 0.6) is 0 Å². The maximum absolute atomic E-state index is 11.2. The van der Waals surface area contributed by atoms with Crippen molar-refractivity contribution in [3.05, 3.63) is 0 Å². The van der Waals surface area contributed by atoms with Crippen LogP contribution in [0.4, 0.5) is 0 Å². The molecule has 11 nitrogen and oxygen atoms in total. The van der Waals surface area contributed by atoms with Crippen molar-refractivity contribution in [3.63, 3.8) is 0 Å². The van der Waals surface area contributed by atoms with Gasteiger partial charge in [-0.3, -0.25) is 33.9 Å². The molecule has 1 aliphatic rings. The van der Waals surface area contributed by atoms with Crippen molar-refractivity contribution < 1.29 is 65.5 Å². The van der Waals surface area contributed by atoms with E-state index in [0.717, 1.165) is 0 Å². The molecule has 0 aromatic heterocycles. The number of aliphatic carboxylic acids is 3. The summed E-state index contributed by atoms with van der Waals surface area (Å²) in [6.07, 6.45) is 0.667. The second kappa shape index (κ2) is 13.9. The second-order valence-corrected chi connectivity index (χ2v) is 6.15. The summed E-state index contributed by atoms with van der Waals surface area (Å²) in [5.41, 5.74) is 0. The molecule has 0 bridgehead atoms. The Balaban J connectivity index is 0. The standard InChI is InChI=1S/C15H26N4O7.Na.H/c20-12-19-7-5-17(10-14(23)24)3-1-16(9-13(21)22)2-4-18(6-8-19)11-15(25)26;;/h12H,1-11H2,(H,21,22)(H,23,24)(H,25,26);;/q;+1;-1. The van der Waals surface area contributed by atoms with Gasteiger partial charge in [-0.05, 0) is 0 Å². The van der Waals surface area contributed by atoms with E-state index < -0.39 is 17.9 Å². The first-order valence-electron chi connectivity index (χ1n) is 8.32. The fraction of sp³-hybridized carbons (Fsp3) is 0.733. The molecule has 1 amide bonds. The smallest absolute Gasteiger partial charge is 1.00 e. The fourth-order valence-electron chi connectivity index (χ4n) is 2.71. The van der Waals surface area contributed by atoms with Crippen LogP contribution in [0, 0.1) is 0 Å². The van der Waals surface area contributed by atoms with E-state index in [1.807, 2.05) is 0 Å². The molecular formula is C15H27N4NaO7. The van der Waals surface area contributed by atoms with E-state index in [2.05, 4.69) is 0 Å². The van der Waals surface area contributed by atoms with E-state index in [4.69, 9.17) is 15.3 Å². The molecule has 0 aromatic carbocycles.